The van der Waals surface area contributed by atoms with E-state index in [4.69, 9.17) is 4.55 Å². The fourth-order valence-corrected chi connectivity index (χ4v) is 2.17. The Hall–Kier alpha value is -1.000. The Morgan fingerprint density at radius 1 is 1.45 bits per heavy atom. The minimum Gasteiger partial charge on any atom is -1.00 e. The minimum atomic E-state index is -4.48. The Kier molecular flexibility index (Phi) is 7.31. The molecular weight excluding hydrogens is 299 g/mol. The SMILES string of the molecule is CCC(C(=O)Nc1ccc([N+](=O)[O-])cc1)S(=O)(=O)O.[H-].[Na+]. The molecule has 1 unspecified atom stereocenters. The van der Waals surface area contributed by atoms with Crippen molar-refractivity contribution in [2.75, 3.05) is 5.32 Å². The van der Waals surface area contributed by atoms with Crippen LogP contribution >= 0.6 is 0 Å². The molecule has 1 aromatic rings. The Bertz CT molecular complexity index is 592. The molecule has 1 atom stereocenters. The van der Waals surface area contributed by atoms with E-state index in [1.165, 1.54) is 31.2 Å². The molecule has 0 aromatic heterocycles. The summed E-state index contributed by atoms with van der Waals surface area (Å²) < 4.78 is 30.8. The van der Waals surface area contributed by atoms with Gasteiger partial charge in [0.2, 0.25) is 5.91 Å². The van der Waals surface area contributed by atoms with Gasteiger partial charge in [-0.05, 0) is 18.6 Å². The molecule has 0 saturated heterocycles. The molecule has 1 amide bonds. The minimum absolute atomic E-state index is 0. The summed E-state index contributed by atoms with van der Waals surface area (Å²) in [6.07, 6.45) is -0.0857. The van der Waals surface area contributed by atoms with Crippen LogP contribution in [0.2, 0.25) is 0 Å². The number of amides is 1. The Morgan fingerprint density at radius 3 is 2.30 bits per heavy atom. The molecule has 1 aromatic carbocycles. The van der Waals surface area contributed by atoms with Crippen LogP contribution in [0.25, 0.3) is 0 Å². The van der Waals surface area contributed by atoms with E-state index < -0.39 is 26.2 Å². The molecule has 1 rings (SSSR count). The third-order valence-electron chi connectivity index (χ3n) is 2.37. The molecule has 2 N–H and O–H groups in total. The largest absolute Gasteiger partial charge is 1.00 e. The topological polar surface area (TPSA) is 127 Å². The summed E-state index contributed by atoms with van der Waals surface area (Å²) in [4.78, 5) is 21.5. The van der Waals surface area contributed by atoms with Crippen molar-refractivity contribution in [1.82, 2.24) is 0 Å². The first-order valence-electron chi connectivity index (χ1n) is 5.27. The van der Waals surface area contributed by atoms with Crippen LogP contribution < -0.4 is 34.9 Å². The molecule has 10 heteroatoms. The average Bonchev–Trinajstić information content (AvgIpc) is 2.28. The van der Waals surface area contributed by atoms with Gasteiger partial charge in [-0.15, -0.1) is 0 Å². The Labute approximate surface area is 139 Å². The van der Waals surface area contributed by atoms with Crippen molar-refractivity contribution in [3.8, 4) is 0 Å². The van der Waals surface area contributed by atoms with Crippen LogP contribution in [0.5, 0.6) is 0 Å². The quantitative estimate of drug-likeness (QED) is 0.289. The fourth-order valence-electron chi connectivity index (χ4n) is 1.42. The molecule has 0 spiro atoms. The number of non-ortho nitro benzene ring substituents is 1. The van der Waals surface area contributed by atoms with Gasteiger partial charge in [0.05, 0.1) is 4.92 Å². The van der Waals surface area contributed by atoms with Gasteiger partial charge in [-0.3, -0.25) is 19.5 Å². The van der Waals surface area contributed by atoms with E-state index in [1.807, 2.05) is 0 Å². The summed E-state index contributed by atoms with van der Waals surface area (Å²) in [5.41, 5.74) is 0.0533. The first-order chi connectivity index (χ1) is 8.75. The van der Waals surface area contributed by atoms with E-state index in [0.29, 0.717) is 0 Å². The van der Waals surface area contributed by atoms with E-state index in [0.717, 1.165) is 0 Å². The standard InChI is InChI=1S/C10H12N2O6S.Na.H/c1-2-9(19(16,17)18)10(13)11-7-3-5-8(6-4-7)12(14)15;;/h3-6,9H,2H2,1H3,(H,11,13)(H,16,17,18);;/q;+1;-1. The number of anilines is 1. The summed E-state index contributed by atoms with van der Waals surface area (Å²) >= 11 is 0. The molecule has 0 saturated carbocycles. The number of carbonyl (C=O) groups is 1. The van der Waals surface area contributed by atoms with Crippen molar-refractivity contribution in [2.45, 2.75) is 18.6 Å². The van der Waals surface area contributed by atoms with Gasteiger partial charge >= 0.3 is 29.6 Å². The van der Waals surface area contributed by atoms with Crippen LogP contribution in [-0.4, -0.2) is 29.1 Å². The van der Waals surface area contributed by atoms with Crippen molar-refractivity contribution in [1.29, 1.82) is 0 Å². The summed E-state index contributed by atoms with van der Waals surface area (Å²) in [5, 5.41) is 11.1. The number of hydrogen-bond acceptors (Lipinski definition) is 5. The van der Waals surface area contributed by atoms with Crippen molar-refractivity contribution in [3.05, 3.63) is 34.4 Å². The first kappa shape index (κ1) is 19.0. The van der Waals surface area contributed by atoms with Gasteiger partial charge in [0, 0.05) is 17.8 Å². The number of nitro benzene ring substituents is 1. The maximum atomic E-state index is 11.6. The second-order valence-electron chi connectivity index (χ2n) is 3.71. The number of carbonyl (C=O) groups excluding carboxylic acids is 1. The summed E-state index contributed by atoms with van der Waals surface area (Å²) in [6.45, 7) is 1.44. The molecular formula is C10H13N2NaO6S. The zero-order chi connectivity index (χ0) is 14.6. The predicted octanol–water partition coefficient (Wildman–Crippen LogP) is -1.68. The summed E-state index contributed by atoms with van der Waals surface area (Å²) in [5.74, 6) is -0.890. The van der Waals surface area contributed by atoms with Crippen LogP contribution in [0, 0.1) is 10.1 Å². The molecule has 20 heavy (non-hydrogen) atoms. The van der Waals surface area contributed by atoms with Gasteiger partial charge in [-0.1, -0.05) is 6.92 Å². The summed E-state index contributed by atoms with van der Waals surface area (Å²) in [6, 6.07) is 4.88. The molecule has 106 valence electrons. The first-order valence-corrected chi connectivity index (χ1v) is 6.77. The van der Waals surface area contributed by atoms with E-state index >= 15 is 0 Å². The van der Waals surface area contributed by atoms with Gasteiger partial charge in [-0.25, -0.2) is 0 Å². The van der Waals surface area contributed by atoms with E-state index in [1.54, 1.807) is 0 Å². The zero-order valence-corrected chi connectivity index (χ0v) is 13.8. The number of hydrogen-bond donors (Lipinski definition) is 2. The van der Waals surface area contributed by atoms with Gasteiger partial charge in [0.25, 0.3) is 15.8 Å². The van der Waals surface area contributed by atoms with Gasteiger partial charge in [-0.2, -0.15) is 8.42 Å². The molecule has 0 aliphatic heterocycles. The zero-order valence-electron chi connectivity index (χ0n) is 11.9. The third-order valence-corrected chi connectivity index (χ3v) is 3.63. The van der Waals surface area contributed by atoms with Gasteiger partial charge < -0.3 is 6.74 Å². The van der Waals surface area contributed by atoms with Crippen molar-refractivity contribution in [3.63, 3.8) is 0 Å². The number of nitrogens with one attached hydrogen (secondary N) is 1. The van der Waals surface area contributed by atoms with Crippen molar-refractivity contribution in [2.24, 2.45) is 0 Å². The monoisotopic (exact) mass is 312 g/mol. The number of nitro groups is 1. The molecule has 0 heterocycles. The van der Waals surface area contributed by atoms with Gasteiger partial charge in [0.15, 0.2) is 5.25 Å². The molecule has 0 bridgehead atoms. The molecule has 0 radical (unpaired) electrons. The molecule has 0 aliphatic rings. The summed E-state index contributed by atoms with van der Waals surface area (Å²) in [7, 11) is -4.48. The number of nitrogens with zero attached hydrogens (tertiary/aromatic N) is 1. The number of benzene rings is 1. The van der Waals surface area contributed by atoms with Crippen LogP contribution in [0.3, 0.4) is 0 Å². The van der Waals surface area contributed by atoms with Crippen molar-refractivity contribution < 1.29 is 53.7 Å². The Balaban J connectivity index is 0. The predicted molar refractivity (Wildman–Crippen MR) is 68.5 cm³/mol. The fraction of sp³-hybridized carbons (Fsp3) is 0.300. The van der Waals surface area contributed by atoms with Crippen LogP contribution in [-0.2, 0) is 14.9 Å². The van der Waals surface area contributed by atoms with Crippen LogP contribution in [0.1, 0.15) is 14.8 Å². The van der Waals surface area contributed by atoms with E-state index in [2.05, 4.69) is 5.32 Å². The van der Waals surface area contributed by atoms with Gasteiger partial charge in [0.1, 0.15) is 0 Å². The maximum absolute atomic E-state index is 11.6. The molecule has 0 fully saturated rings. The van der Waals surface area contributed by atoms with Crippen LogP contribution in [0.15, 0.2) is 24.3 Å². The normalized spacial score (nSPS) is 12.1. The number of rotatable bonds is 5. The van der Waals surface area contributed by atoms with E-state index in [-0.39, 0.29) is 48.8 Å². The second-order valence-corrected chi connectivity index (χ2v) is 5.30. The average molecular weight is 312 g/mol. The van der Waals surface area contributed by atoms with Crippen molar-refractivity contribution >= 4 is 27.4 Å². The Morgan fingerprint density at radius 2 is 1.95 bits per heavy atom. The third kappa shape index (κ3) is 5.17. The molecule has 0 aliphatic carbocycles. The van der Waals surface area contributed by atoms with Crippen LogP contribution in [0.4, 0.5) is 11.4 Å². The smallest absolute Gasteiger partial charge is 1.00 e. The second kappa shape index (κ2) is 7.70. The molecule has 8 nitrogen and oxygen atoms in total. The maximum Gasteiger partial charge on any atom is 1.00 e. The van der Waals surface area contributed by atoms with E-state index in [9.17, 15) is 23.3 Å².